The Morgan fingerprint density at radius 3 is 2.64 bits per heavy atom. The van der Waals surface area contributed by atoms with Crippen molar-refractivity contribution in [3.8, 4) is 11.3 Å². The van der Waals surface area contributed by atoms with Gasteiger partial charge in [-0.2, -0.15) is 0 Å². The Bertz CT molecular complexity index is 1050. The van der Waals surface area contributed by atoms with Crippen LogP contribution in [-0.2, 0) is 6.42 Å². The van der Waals surface area contributed by atoms with Gasteiger partial charge in [-0.1, -0.05) is 11.6 Å². The molecule has 0 aliphatic heterocycles. The minimum absolute atomic E-state index is 0.359. The summed E-state index contributed by atoms with van der Waals surface area (Å²) >= 11 is 6.04. The molecule has 122 valence electrons. The summed E-state index contributed by atoms with van der Waals surface area (Å²) in [6, 6.07) is 14.1. The van der Waals surface area contributed by atoms with Gasteiger partial charge in [0.15, 0.2) is 5.65 Å². The molecule has 0 aliphatic carbocycles. The molecule has 0 spiro atoms. The number of hydrogen-bond donors (Lipinski definition) is 0. The van der Waals surface area contributed by atoms with Crippen molar-refractivity contribution in [2.24, 2.45) is 0 Å². The van der Waals surface area contributed by atoms with Crippen LogP contribution in [0.3, 0.4) is 0 Å². The van der Waals surface area contributed by atoms with Crippen molar-refractivity contribution in [2.75, 3.05) is 0 Å². The van der Waals surface area contributed by atoms with Crippen molar-refractivity contribution < 1.29 is 4.39 Å². The Hall–Kier alpha value is -2.85. The summed E-state index contributed by atoms with van der Waals surface area (Å²) in [7, 11) is 0. The van der Waals surface area contributed by atoms with Crippen LogP contribution in [0.15, 0.2) is 67.1 Å². The lowest BCUT2D eigenvalue weighted by molar-refractivity contribution is 0.631. The van der Waals surface area contributed by atoms with Crippen molar-refractivity contribution in [3.05, 3.63) is 89.1 Å². The summed E-state index contributed by atoms with van der Waals surface area (Å²) < 4.78 is 14.3. The zero-order valence-corrected chi connectivity index (χ0v) is 13.9. The number of hydrogen-bond acceptors (Lipinski definition) is 3. The largest absolute Gasteiger partial charge is 0.265 e. The molecule has 0 fully saturated rings. The van der Waals surface area contributed by atoms with Crippen LogP contribution >= 0.6 is 11.6 Å². The molecule has 0 aliphatic rings. The van der Waals surface area contributed by atoms with Crippen LogP contribution in [0.25, 0.3) is 22.3 Å². The number of pyridine rings is 3. The van der Waals surface area contributed by atoms with Gasteiger partial charge >= 0.3 is 0 Å². The van der Waals surface area contributed by atoms with Crippen LogP contribution in [0, 0.1) is 5.82 Å². The van der Waals surface area contributed by atoms with Crippen LogP contribution in [-0.4, -0.2) is 15.0 Å². The number of halogens is 2. The molecule has 0 atom stereocenters. The summed E-state index contributed by atoms with van der Waals surface area (Å²) in [5, 5.41) is 1.42. The average molecular weight is 350 g/mol. The standard InChI is InChI=1S/C20H13ClFN3/c21-15-3-4-18(22)17(12-15)19-11-14(10-13-5-8-23-9-6-13)16-2-1-7-24-20(16)25-19/h1-9,11-12H,10H2. The van der Waals surface area contributed by atoms with Gasteiger partial charge in [-0.25, -0.2) is 14.4 Å². The number of fused-ring (bicyclic) bond motifs is 1. The van der Waals surface area contributed by atoms with E-state index in [1.54, 1.807) is 24.7 Å². The topological polar surface area (TPSA) is 38.7 Å². The van der Waals surface area contributed by atoms with E-state index < -0.39 is 0 Å². The van der Waals surface area contributed by atoms with E-state index in [-0.39, 0.29) is 5.82 Å². The third kappa shape index (κ3) is 3.21. The Morgan fingerprint density at radius 2 is 1.80 bits per heavy atom. The van der Waals surface area contributed by atoms with Crippen molar-refractivity contribution >= 4 is 22.6 Å². The molecule has 5 heteroatoms. The number of rotatable bonds is 3. The molecule has 0 radical (unpaired) electrons. The molecule has 0 unspecified atom stereocenters. The molecule has 3 nitrogen and oxygen atoms in total. The first-order valence-corrected chi connectivity index (χ1v) is 8.17. The van der Waals surface area contributed by atoms with Gasteiger partial charge in [-0.3, -0.25) is 4.98 Å². The zero-order valence-electron chi connectivity index (χ0n) is 13.2. The maximum absolute atomic E-state index is 14.3. The molecule has 1 aromatic carbocycles. The summed E-state index contributed by atoms with van der Waals surface area (Å²) in [6.07, 6.45) is 5.88. The first-order chi connectivity index (χ1) is 12.2. The van der Waals surface area contributed by atoms with Crippen molar-refractivity contribution in [2.45, 2.75) is 6.42 Å². The van der Waals surface area contributed by atoms with Gasteiger partial charge in [-0.05, 0) is 66.1 Å². The van der Waals surface area contributed by atoms with E-state index in [4.69, 9.17) is 11.6 Å². The highest BCUT2D eigenvalue weighted by Gasteiger charge is 2.12. The lowest BCUT2D eigenvalue weighted by Crippen LogP contribution is -1.97. The SMILES string of the molecule is Fc1ccc(Cl)cc1-c1cc(Cc2ccncc2)c2cccnc2n1. The molecule has 0 bridgehead atoms. The predicted octanol–water partition coefficient (Wildman–Crippen LogP) is 5.08. The van der Waals surface area contributed by atoms with E-state index in [9.17, 15) is 4.39 Å². The first-order valence-electron chi connectivity index (χ1n) is 7.80. The molecule has 0 amide bonds. The molecule has 0 N–H and O–H groups in total. The van der Waals surface area contributed by atoms with E-state index in [0.717, 1.165) is 16.5 Å². The van der Waals surface area contributed by atoms with Gasteiger partial charge in [0.2, 0.25) is 0 Å². The van der Waals surface area contributed by atoms with Gasteiger partial charge in [-0.15, -0.1) is 0 Å². The lowest BCUT2D eigenvalue weighted by Gasteiger charge is -2.10. The summed E-state index contributed by atoms with van der Waals surface area (Å²) in [5.74, 6) is -0.359. The second-order valence-electron chi connectivity index (χ2n) is 5.70. The molecule has 3 heterocycles. The third-order valence-electron chi connectivity index (χ3n) is 4.02. The number of nitrogens with zero attached hydrogens (tertiary/aromatic N) is 3. The van der Waals surface area contributed by atoms with E-state index in [2.05, 4.69) is 15.0 Å². The smallest absolute Gasteiger partial charge is 0.160 e. The minimum Gasteiger partial charge on any atom is -0.265 e. The number of aromatic nitrogens is 3. The fraction of sp³-hybridized carbons (Fsp3) is 0.0500. The summed E-state index contributed by atoms with van der Waals surface area (Å²) in [4.78, 5) is 12.9. The van der Waals surface area contributed by atoms with E-state index in [1.165, 1.54) is 12.1 Å². The Morgan fingerprint density at radius 1 is 0.960 bits per heavy atom. The monoisotopic (exact) mass is 349 g/mol. The molecular weight excluding hydrogens is 337 g/mol. The third-order valence-corrected chi connectivity index (χ3v) is 4.25. The summed E-state index contributed by atoms with van der Waals surface area (Å²) in [5.41, 5.74) is 3.62. The van der Waals surface area contributed by atoms with Crippen LogP contribution in [0.4, 0.5) is 4.39 Å². The van der Waals surface area contributed by atoms with Crippen LogP contribution in [0.2, 0.25) is 5.02 Å². The minimum atomic E-state index is -0.359. The predicted molar refractivity (Wildman–Crippen MR) is 97.0 cm³/mol. The highest BCUT2D eigenvalue weighted by atomic mass is 35.5. The number of benzene rings is 1. The zero-order chi connectivity index (χ0) is 17.2. The van der Waals surface area contributed by atoms with Gasteiger partial charge in [0.25, 0.3) is 0 Å². The van der Waals surface area contributed by atoms with Gasteiger partial charge in [0.1, 0.15) is 5.82 Å². The van der Waals surface area contributed by atoms with Gasteiger partial charge < -0.3 is 0 Å². The van der Waals surface area contributed by atoms with Gasteiger partial charge in [0, 0.05) is 34.6 Å². The van der Waals surface area contributed by atoms with E-state index in [0.29, 0.717) is 28.3 Å². The average Bonchev–Trinajstić information content (AvgIpc) is 2.64. The Labute approximate surface area is 149 Å². The second-order valence-corrected chi connectivity index (χ2v) is 6.13. The van der Waals surface area contributed by atoms with E-state index >= 15 is 0 Å². The maximum atomic E-state index is 14.3. The van der Waals surface area contributed by atoms with Crippen molar-refractivity contribution in [1.82, 2.24) is 15.0 Å². The molecule has 4 aromatic rings. The van der Waals surface area contributed by atoms with Crippen molar-refractivity contribution in [1.29, 1.82) is 0 Å². The molecule has 0 saturated heterocycles. The van der Waals surface area contributed by atoms with Crippen LogP contribution < -0.4 is 0 Å². The quantitative estimate of drug-likeness (QED) is 0.518. The molecule has 4 rings (SSSR count). The highest BCUT2D eigenvalue weighted by molar-refractivity contribution is 6.30. The van der Waals surface area contributed by atoms with Crippen LogP contribution in [0.1, 0.15) is 11.1 Å². The molecule has 25 heavy (non-hydrogen) atoms. The molecular formula is C20H13ClFN3. The van der Waals surface area contributed by atoms with Gasteiger partial charge in [0.05, 0.1) is 5.69 Å². The maximum Gasteiger partial charge on any atom is 0.160 e. The highest BCUT2D eigenvalue weighted by Crippen LogP contribution is 2.29. The van der Waals surface area contributed by atoms with E-state index in [1.807, 2.05) is 30.3 Å². The Balaban J connectivity index is 1.91. The van der Waals surface area contributed by atoms with Crippen molar-refractivity contribution in [3.63, 3.8) is 0 Å². The first kappa shape index (κ1) is 15.7. The lowest BCUT2D eigenvalue weighted by atomic mass is 10.00. The Kier molecular flexibility index (Phi) is 4.12. The molecule has 0 saturated carbocycles. The van der Waals surface area contributed by atoms with Crippen LogP contribution in [0.5, 0.6) is 0 Å². The molecule has 3 aromatic heterocycles. The normalized spacial score (nSPS) is 11.0. The second kappa shape index (κ2) is 6.57. The fourth-order valence-electron chi connectivity index (χ4n) is 2.82. The summed E-state index contributed by atoms with van der Waals surface area (Å²) in [6.45, 7) is 0. The fourth-order valence-corrected chi connectivity index (χ4v) is 3.00.